The van der Waals surface area contributed by atoms with Crippen molar-refractivity contribution in [3.8, 4) is 11.1 Å². The van der Waals surface area contributed by atoms with Crippen LogP contribution in [0.2, 0.25) is 0 Å². The molecule has 3 N–H and O–H groups in total. The Hall–Kier alpha value is -2.67. The van der Waals surface area contributed by atoms with Crippen molar-refractivity contribution in [2.45, 2.75) is 32.3 Å². The van der Waals surface area contributed by atoms with E-state index < -0.39 is 17.5 Å². The Bertz CT molecular complexity index is 790. The third-order valence-electron chi connectivity index (χ3n) is 5.13. The van der Waals surface area contributed by atoms with Crippen LogP contribution in [-0.4, -0.2) is 56.4 Å². The van der Waals surface area contributed by atoms with Crippen LogP contribution in [0.5, 0.6) is 0 Å². The number of aliphatic hydroxyl groups is 1. The average molecular weight is 357 g/mol. The van der Waals surface area contributed by atoms with Gasteiger partial charge in [0.15, 0.2) is 0 Å². The summed E-state index contributed by atoms with van der Waals surface area (Å²) in [5.41, 5.74) is 0.931. The second kappa shape index (κ2) is 7.29. The van der Waals surface area contributed by atoms with Gasteiger partial charge in [-0.1, -0.05) is 25.5 Å². The maximum Gasteiger partial charge on any atom is 0.314 e. The Morgan fingerprint density at radius 1 is 1.38 bits per heavy atom. The Morgan fingerprint density at radius 2 is 2.19 bits per heavy atom. The first-order chi connectivity index (χ1) is 12.5. The summed E-state index contributed by atoms with van der Waals surface area (Å²) in [5, 5.41) is 26.7. The highest BCUT2D eigenvalue weighted by atomic mass is 16.4. The second-order valence-electron chi connectivity index (χ2n) is 6.81. The molecule has 0 bridgehead atoms. The van der Waals surface area contributed by atoms with Gasteiger partial charge >= 0.3 is 5.97 Å². The second-order valence-corrected chi connectivity index (χ2v) is 6.81. The monoisotopic (exact) mass is 357 g/mol. The molecule has 7 nitrogen and oxygen atoms in total. The lowest BCUT2D eigenvalue weighted by Crippen LogP contribution is -2.57. The van der Waals surface area contributed by atoms with E-state index in [-0.39, 0.29) is 18.9 Å². The first-order valence-corrected chi connectivity index (χ1v) is 8.78. The zero-order valence-corrected chi connectivity index (χ0v) is 14.7. The minimum atomic E-state index is -1.30. The van der Waals surface area contributed by atoms with Crippen LogP contribution in [0.15, 0.2) is 36.7 Å². The number of carboxylic acids is 1. The Kier molecular flexibility index (Phi) is 5.08. The number of aromatic amines is 1. The molecule has 0 aliphatic carbocycles. The van der Waals surface area contributed by atoms with Crippen molar-refractivity contribution >= 4 is 11.9 Å². The van der Waals surface area contributed by atoms with E-state index in [1.54, 1.807) is 35.5 Å². The van der Waals surface area contributed by atoms with E-state index in [1.165, 1.54) is 0 Å². The summed E-state index contributed by atoms with van der Waals surface area (Å²) in [5.74, 6) is -1.26. The number of hydrogen-bond donors (Lipinski definition) is 3. The van der Waals surface area contributed by atoms with Crippen LogP contribution >= 0.6 is 0 Å². The summed E-state index contributed by atoms with van der Waals surface area (Å²) in [6.45, 7) is 2.24. The number of H-pyrrole nitrogens is 1. The highest BCUT2D eigenvalue weighted by molar-refractivity contribution is 5.96. The molecule has 0 unspecified atom stereocenters. The molecular weight excluding hydrogens is 334 g/mol. The number of rotatable bonds is 5. The molecule has 3 rings (SSSR count). The fourth-order valence-electron chi connectivity index (χ4n) is 3.68. The van der Waals surface area contributed by atoms with Gasteiger partial charge in [0.2, 0.25) is 0 Å². The van der Waals surface area contributed by atoms with Crippen molar-refractivity contribution in [1.82, 2.24) is 15.1 Å². The summed E-state index contributed by atoms with van der Waals surface area (Å²) in [7, 11) is 0. The predicted octanol–water partition coefficient (Wildman–Crippen LogP) is 2.15. The molecule has 0 saturated carbocycles. The first kappa shape index (κ1) is 18.1. The normalized spacial score (nSPS) is 23.0. The number of piperidine rings is 1. The molecule has 2 atom stereocenters. The fraction of sp³-hybridized carbons (Fsp3) is 0.421. The van der Waals surface area contributed by atoms with Gasteiger partial charge in [0, 0.05) is 30.4 Å². The van der Waals surface area contributed by atoms with Gasteiger partial charge in [0.25, 0.3) is 5.91 Å². The van der Waals surface area contributed by atoms with Crippen molar-refractivity contribution in [1.29, 1.82) is 0 Å². The maximum atomic E-state index is 13.0. The Morgan fingerprint density at radius 3 is 2.85 bits per heavy atom. The van der Waals surface area contributed by atoms with E-state index in [9.17, 15) is 19.8 Å². The number of aliphatic hydroxyl groups excluding tert-OH is 1. The fourth-order valence-corrected chi connectivity index (χ4v) is 3.68. The molecule has 0 spiro atoms. The van der Waals surface area contributed by atoms with Crippen LogP contribution in [0.4, 0.5) is 0 Å². The summed E-state index contributed by atoms with van der Waals surface area (Å²) >= 11 is 0. The van der Waals surface area contributed by atoms with E-state index in [2.05, 4.69) is 10.2 Å². The number of carbonyl (C=O) groups excluding carboxylic acids is 1. The number of carboxylic acid groups (broad SMARTS) is 1. The van der Waals surface area contributed by atoms with Gasteiger partial charge in [-0.3, -0.25) is 14.7 Å². The molecule has 1 saturated heterocycles. The number of likely N-dealkylation sites (tertiary alicyclic amines) is 1. The Balaban J connectivity index is 1.86. The number of aliphatic carboxylic acids is 1. The molecule has 1 aliphatic heterocycles. The zero-order chi connectivity index (χ0) is 18.7. The topological polar surface area (TPSA) is 107 Å². The molecule has 138 valence electrons. The van der Waals surface area contributed by atoms with Crippen LogP contribution in [0.3, 0.4) is 0 Å². The molecule has 2 heterocycles. The van der Waals surface area contributed by atoms with Gasteiger partial charge in [0.05, 0.1) is 12.3 Å². The number of benzene rings is 1. The molecule has 1 aromatic heterocycles. The van der Waals surface area contributed by atoms with E-state index >= 15 is 0 Å². The van der Waals surface area contributed by atoms with Crippen LogP contribution in [-0.2, 0) is 4.79 Å². The molecular formula is C19H23N3O4. The summed E-state index contributed by atoms with van der Waals surface area (Å²) in [6.07, 6.45) is 3.71. The quantitative estimate of drug-likeness (QED) is 0.760. The highest BCUT2D eigenvalue weighted by Gasteiger charge is 2.49. The standard InChI is InChI=1S/C19H23N3O4/c1-2-7-19(18(25)26)12-22(8-6-16(19)23)17(24)14-5-3-4-13(9-14)15-10-20-21-11-15/h3-5,9-11,16,23H,2,6-8,12H2,1H3,(H,20,21)(H,25,26)/t16-,19-/m1/s1. The SMILES string of the molecule is CCC[C@@]1(C(=O)O)CN(C(=O)c2cccc(-c3cn[nH]c3)c2)CC[C@H]1O. The van der Waals surface area contributed by atoms with Gasteiger partial charge < -0.3 is 15.1 Å². The number of hydrogen-bond acceptors (Lipinski definition) is 4. The lowest BCUT2D eigenvalue weighted by molar-refractivity contribution is -0.162. The lowest BCUT2D eigenvalue weighted by atomic mass is 9.74. The van der Waals surface area contributed by atoms with E-state index in [1.807, 2.05) is 13.0 Å². The van der Waals surface area contributed by atoms with Crippen molar-refractivity contribution in [2.24, 2.45) is 5.41 Å². The molecule has 1 fully saturated rings. The van der Waals surface area contributed by atoms with E-state index in [0.29, 0.717) is 24.9 Å². The van der Waals surface area contributed by atoms with Crippen LogP contribution in [0.25, 0.3) is 11.1 Å². The summed E-state index contributed by atoms with van der Waals surface area (Å²) in [4.78, 5) is 26.4. The number of nitrogens with one attached hydrogen (secondary N) is 1. The first-order valence-electron chi connectivity index (χ1n) is 8.78. The van der Waals surface area contributed by atoms with Crippen molar-refractivity contribution in [3.63, 3.8) is 0 Å². The van der Waals surface area contributed by atoms with Crippen LogP contribution < -0.4 is 0 Å². The number of amides is 1. The number of carbonyl (C=O) groups is 2. The molecule has 0 radical (unpaired) electrons. The third kappa shape index (κ3) is 3.22. The van der Waals surface area contributed by atoms with Gasteiger partial charge in [-0.15, -0.1) is 0 Å². The lowest BCUT2D eigenvalue weighted by Gasteiger charge is -2.43. The summed E-state index contributed by atoms with van der Waals surface area (Å²) in [6, 6.07) is 7.19. The number of aromatic nitrogens is 2. The van der Waals surface area contributed by atoms with Crippen LogP contribution in [0, 0.1) is 5.41 Å². The largest absolute Gasteiger partial charge is 0.481 e. The van der Waals surface area contributed by atoms with Crippen LogP contribution in [0.1, 0.15) is 36.5 Å². The van der Waals surface area contributed by atoms with Gasteiger partial charge in [-0.2, -0.15) is 5.10 Å². The van der Waals surface area contributed by atoms with Crippen molar-refractivity contribution in [3.05, 3.63) is 42.2 Å². The Labute approximate surface area is 151 Å². The molecule has 1 amide bonds. The summed E-state index contributed by atoms with van der Waals surface area (Å²) < 4.78 is 0. The smallest absolute Gasteiger partial charge is 0.314 e. The third-order valence-corrected chi connectivity index (χ3v) is 5.13. The zero-order valence-electron chi connectivity index (χ0n) is 14.7. The molecule has 26 heavy (non-hydrogen) atoms. The van der Waals surface area contributed by atoms with Gasteiger partial charge in [-0.25, -0.2) is 0 Å². The van der Waals surface area contributed by atoms with Crippen molar-refractivity contribution in [2.75, 3.05) is 13.1 Å². The maximum absolute atomic E-state index is 13.0. The van der Waals surface area contributed by atoms with Crippen molar-refractivity contribution < 1.29 is 19.8 Å². The minimum absolute atomic E-state index is 0.0200. The van der Waals surface area contributed by atoms with E-state index in [4.69, 9.17) is 0 Å². The molecule has 7 heteroatoms. The van der Waals surface area contributed by atoms with Gasteiger partial charge in [-0.05, 0) is 30.5 Å². The minimum Gasteiger partial charge on any atom is -0.481 e. The average Bonchev–Trinajstić information content (AvgIpc) is 3.18. The number of nitrogens with zero attached hydrogens (tertiary/aromatic N) is 2. The molecule has 1 aliphatic rings. The molecule has 2 aromatic rings. The van der Waals surface area contributed by atoms with Gasteiger partial charge in [0.1, 0.15) is 5.41 Å². The van der Waals surface area contributed by atoms with E-state index in [0.717, 1.165) is 11.1 Å². The highest BCUT2D eigenvalue weighted by Crippen LogP contribution is 2.36. The predicted molar refractivity (Wildman–Crippen MR) is 95.5 cm³/mol. The molecule has 1 aromatic carbocycles.